The molecule has 2 heterocycles. The lowest BCUT2D eigenvalue weighted by Crippen LogP contribution is -2.18. The van der Waals surface area contributed by atoms with Gasteiger partial charge in [0.05, 0.1) is 11.1 Å². The number of benzene rings is 2. The van der Waals surface area contributed by atoms with Crippen LogP contribution in [0, 0.1) is 6.92 Å². The summed E-state index contributed by atoms with van der Waals surface area (Å²) in [5.74, 6) is 0.461. The zero-order valence-electron chi connectivity index (χ0n) is 14.3. The largest absolute Gasteiger partial charge is 0.460 e. The number of nitrogens with zero attached hydrogens (tertiary/aromatic N) is 1. The Labute approximate surface area is 158 Å². The summed E-state index contributed by atoms with van der Waals surface area (Å²) in [6.07, 6.45) is 1.77. The summed E-state index contributed by atoms with van der Waals surface area (Å²) in [6.45, 7) is 1.80. The van der Waals surface area contributed by atoms with Crippen LogP contribution < -0.4 is 10.6 Å². The van der Waals surface area contributed by atoms with Gasteiger partial charge >= 0.3 is 0 Å². The molecule has 0 aliphatic heterocycles. The average molecular weight is 410 g/mol. The number of pyridine rings is 1. The van der Waals surface area contributed by atoms with Crippen LogP contribution in [0.2, 0.25) is 0 Å². The van der Waals surface area contributed by atoms with Gasteiger partial charge in [-0.3, -0.25) is 9.78 Å². The molecule has 0 spiro atoms. The minimum Gasteiger partial charge on any atom is -0.460 e. The van der Waals surface area contributed by atoms with Crippen LogP contribution in [0.15, 0.2) is 57.6 Å². The first-order chi connectivity index (χ1) is 12.6. The zero-order chi connectivity index (χ0) is 18.3. The number of carbonyl (C=O) groups excluding carboxylic acids is 1. The molecule has 1 amide bonds. The summed E-state index contributed by atoms with van der Waals surface area (Å²) < 4.78 is 6.77. The van der Waals surface area contributed by atoms with E-state index in [2.05, 4.69) is 31.5 Å². The first kappa shape index (κ1) is 16.6. The summed E-state index contributed by atoms with van der Waals surface area (Å²) in [5.41, 5.74) is 3.99. The van der Waals surface area contributed by atoms with Crippen LogP contribution in [0.3, 0.4) is 0 Å². The Morgan fingerprint density at radius 2 is 1.92 bits per heavy atom. The highest BCUT2D eigenvalue weighted by molar-refractivity contribution is 9.10. The molecule has 0 aliphatic carbocycles. The quantitative estimate of drug-likeness (QED) is 0.490. The van der Waals surface area contributed by atoms with E-state index < -0.39 is 0 Å². The van der Waals surface area contributed by atoms with Crippen molar-refractivity contribution in [2.45, 2.75) is 6.92 Å². The van der Waals surface area contributed by atoms with Crippen molar-refractivity contribution in [3.63, 3.8) is 0 Å². The molecule has 0 fully saturated rings. The minimum absolute atomic E-state index is 0.146. The maximum Gasteiger partial charge on any atom is 0.255 e. The van der Waals surface area contributed by atoms with Crippen molar-refractivity contribution in [2.75, 3.05) is 12.4 Å². The number of rotatable bonds is 3. The Balaban J connectivity index is 1.76. The number of fused-ring (bicyclic) bond motifs is 2. The van der Waals surface area contributed by atoms with Crippen molar-refractivity contribution in [1.82, 2.24) is 10.3 Å². The lowest BCUT2D eigenvalue weighted by molar-refractivity contribution is 0.0963. The van der Waals surface area contributed by atoms with Gasteiger partial charge in [-0.2, -0.15) is 0 Å². The molecule has 4 rings (SSSR count). The van der Waals surface area contributed by atoms with Crippen molar-refractivity contribution < 1.29 is 9.21 Å². The Morgan fingerprint density at radius 3 is 2.73 bits per heavy atom. The number of hydrogen-bond donors (Lipinski definition) is 2. The maximum atomic E-state index is 12.1. The van der Waals surface area contributed by atoms with Gasteiger partial charge in [0.1, 0.15) is 11.3 Å². The monoisotopic (exact) mass is 409 g/mol. The average Bonchev–Trinajstić information content (AvgIpc) is 2.96. The predicted molar refractivity (Wildman–Crippen MR) is 107 cm³/mol. The fourth-order valence-corrected chi connectivity index (χ4v) is 3.44. The van der Waals surface area contributed by atoms with E-state index in [1.54, 1.807) is 20.2 Å². The summed E-state index contributed by atoms with van der Waals surface area (Å²) >= 11 is 3.47. The van der Waals surface area contributed by atoms with E-state index in [1.807, 2.05) is 42.5 Å². The van der Waals surface area contributed by atoms with E-state index >= 15 is 0 Å². The smallest absolute Gasteiger partial charge is 0.255 e. The highest BCUT2D eigenvalue weighted by Crippen LogP contribution is 2.31. The lowest BCUT2D eigenvalue weighted by atomic mass is 10.1. The Kier molecular flexibility index (Phi) is 4.12. The zero-order valence-corrected chi connectivity index (χ0v) is 15.8. The molecule has 26 heavy (non-hydrogen) atoms. The fourth-order valence-electron chi connectivity index (χ4n) is 3.09. The second-order valence-corrected chi connectivity index (χ2v) is 6.88. The van der Waals surface area contributed by atoms with E-state index in [9.17, 15) is 4.79 Å². The number of furan rings is 1. The highest BCUT2D eigenvalue weighted by atomic mass is 79.9. The molecule has 6 heteroatoms. The lowest BCUT2D eigenvalue weighted by Gasteiger charge is -2.09. The van der Waals surface area contributed by atoms with Crippen molar-refractivity contribution in [3.05, 3.63) is 64.5 Å². The van der Waals surface area contributed by atoms with E-state index in [0.29, 0.717) is 16.9 Å². The number of carbonyl (C=O) groups is 1. The first-order valence-electron chi connectivity index (χ1n) is 8.13. The summed E-state index contributed by atoms with van der Waals surface area (Å²) in [7, 11) is 1.61. The molecule has 0 unspecified atom stereocenters. The van der Waals surface area contributed by atoms with Crippen LogP contribution >= 0.6 is 15.9 Å². The molecule has 0 atom stereocenters. The molecule has 2 aromatic carbocycles. The SMILES string of the molecule is CNC(=O)c1c(C)oc2cc(Nc3ccnc4cc(Br)ccc34)ccc12. The van der Waals surface area contributed by atoms with Crippen LogP contribution in [0.4, 0.5) is 11.4 Å². The third kappa shape index (κ3) is 2.82. The van der Waals surface area contributed by atoms with E-state index in [1.165, 1.54) is 0 Å². The third-order valence-electron chi connectivity index (χ3n) is 4.30. The normalized spacial score (nSPS) is 11.0. The molecule has 130 valence electrons. The summed E-state index contributed by atoms with van der Waals surface area (Å²) in [5, 5.41) is 7.90. The fraction of sp³-hybridized carbons (Fsp3) is 0.100. The van der Waals surface area contributed by atoms with E-state index in [-0.39, 0.29) is 5.91 Å². The van der Waals surface area contributed by atoms with Gasteiger partial charge in [-0.1, -0.05) is 15.9 Å². The van der Waals surface area contributed by atoms with Crippen LogP contribution in [-0.2, 0) is 0 Å². The van der Waals surface area contributed by atoms with Crippen molar-refractivity contribution in [3.8, 4) is 0 Å². The molecule has 2 aromatic heterocycles. The molecule has 2 N–H and O–H groups in total. The minimum atomic E-state index is -0.146. The molecule has 4 aromatic rings. The second kappa shape index (κ2) is 6.46. The molecule has 0 aliphatic rings. The van der Waals surface area contributed by atoms with Gasteiger partial charge in [-0.25, -0.2) is 0 Å². The van der Waals surface area contributed by atoms with Gasteiger partial charge in [0.25, 0.3) is 5.91 Å². The summed E-state index contributed by atoms with van der Waals surface area (Å²) in [4.78, 5) is 16.5. The Morgan fingerprint density at radius 1 is 1.12 bits per heavy atom. The predicted octanol–water partition coefficient (Wildman–Crippen LogP) is 5.16. The van der Waals surface area contributed by atoms with Crippen LogP contribution in [-0.4, -0.2) is 17.9 Å². The maximum absolute atomic E-state index is 12.1. The molecular formula is C20H16BrN3O2. The van der Waals surface area contributed by atoms with Crippen molar-refractivity contribution >= 4 is 55.1 Å². The Hall–Kier alpha value is -2.86. The number of halogens is 1. The molecule has 0 saturated carbocycles. The molecular weight excluding hydrogens is 394 g/mol. The van der Waals surface area contributed by atoms with Crippen LogP contribution in [0.1, 0.15) is 16.1 Å². The Bertz CT molecular complexity index is 1150. The van der Waals surface area contributed by atoms with Gasteiger partial charge in [0.15, 0.2) is 0 Å². The highest BCUT2D eigenvalue weighted by Gasteiger charge is 2.17. The number of nitrogens with one attached hydrogen (secondary N) is 2. The topological polar surface area (TPSA) is 67.2 Å². The molecule has 0 saturated heterocycles. The summed E-state index contributed by atoms with van der Waals surface area (Å²) in [6, 6.07) is 13.7. The number of anilines is 2. The number of aryl methyl sites for hydroxylation is 1. The molecule has 5 nitrogen and oxygen atoms in total. The van der Waals surface area contributed by atoms with E-state index in [0.717, 1.165) is 32.1 Å². The van der Waals surface area contributed by atoms with Crippen LogP contribution in [0.5, 0.6) is 0 Å². The number of aromatic nitrogens is 1. The van der Waals surface area contributed by atoms with E-state index in [4.69, 9.17) is 4.42 Å². The van der Waals surface area contributed by atoms with Crippen LogP contribution in [0.25, 0.3) is 21.9 Å². The molecule has 0 bridgehead atoms. The first-order valence-corrected chi connectivity index (χ1v) is 8.92. The van der Waals surface area contributed by atoms with Crippen molar-refractivity contribution in [1.29, 1.82) is 0 Å². The molecule has 0 radical (unpaired) electrons. The van der Waals surface area contributed by atoms with Gasteiger partial charge in [-0.15, -0.1) is 0 Å². The standard InChI is InChI=1S/C20H16BrN3O2/c1-11-19(20(25)22-2)15-6-4-13(10-18(15)26-11)24-16-7-8-23-17-9-12(21)3-5-14(16)17/h3-10H,1-2H3,(H,22,25)(H,23,24). The van der Waals surface area contributed by atoms with Gasteiger partial charge < -0.3 is 15.1 Å². The van der Waals surface area contributed by atoms with Gasteiger partial charge in [-0.05, 0) is 43.3 Å². The van der Waals surface area contributed by atoms with Gasteiger partial charge in [0.2, 0.25) is 0 Å². The third-order valence-corrected chi connectivity index (χ3v) is 4.80. The number of hydrogen-bond acceptors (Lipinski definition) is 4. The van der Waals surface area contributed by atoms with Gasteiger partial charge in [0, 0.05) is 45.9 Å². The van der Waals surface area contributed by atoms with Crippen molar-refractivity contribution in [2.24, 2.45) is 0 Å². The second-order valence-electron chi connectivity index (χ2n) is 5.97. The number of amides is 1.